The minimum absolute atomic E-state index is 0.0560. The zero-order valence-electron chi connectivity index (χ0n) is 13.8. The van der Waals surface area contributed by atoms with E-state index in [1.54, 1.807) is 31.2 Å². The number of hydrogen-bond donors (Lipinski definition) is 3. The first kappa shape index (κ1) is 16.9. The summed E-state index contributed by atoms with van der Waals surface area (Å²) in [6.07, 6.45) is 4.22. The third-order valence-electron chi connectivity index (χ3n) is 3.68. The van der Waals surface area contributed by atoms with Crippen LogP contribution in [0.1, 0.15) is 33.0 Å². The van der Waals surface area contributed by atoms with Crippen LogP contribution < -0.4 is 11.1 Å². The van der Waals surface area contributed by atoms with Crippen molar-refractivity contribution in [3.8, 4) is 6.07 Å². The number of nitrogens with zero attached hydrogens (tertiary/aromatic N) is 3. The molecule has 0 atom stereocenters. The molecular weight excluding hydrogens is 332 g/mol. The van der Waals surface area contributed by atoms with E-state index in [0.717, 1.165) is 0 Å². The lowest BCUT2D eigenvalue weighted by atomic mass is 10.0. The molecule has 0 unspecified atom stereocenters. The molecule has 1 aromatic carbocycles. The first-order valence-electron chi connectivity index (χ1n) is 7.55. The van der Waals surface area contributed by atoms with Gasteiger partial charge in [-0.3, -0.25) is 15.2 Å². The summed E-state index contributed by atoms with van der Waals surface area (Å²) in [6, 6.07) is 8.32. The van der Waals surface area contributed by atoms with Crippen molar-refractivity contribution in [2.75, 3.05) is 11.1 Å². The maximum atomic E-state index is 12.5. The molecule has 0 aliphatic rings. The number of furan rings is 1. The summed E-state index contributed by atoms with van der Waals surface area (Å²) < 4.78 is 4.99. The van der Waals surface area contributed by atoms with Crippen molar-refractivity contribution in [3.63, 3.8) is 0 Å². The zero-order valence-corrected chi connectivity index (χ0v) is 13.8. The van der Waals surface area contributed by atoms with Gasteiger partial charge >= 0.3 is 0 Å². The Morgan fingerprint density at radius 2 is 2.19 bits per heavy atom. The number of carbonyl (C=O) groups excluding carboxylic acids is 1. The number of nitrogens with two attached hydrogens (primary N) is 1. The van der Waals surface area contributed by atoms with Crippen LogP contribution in [-0.2, 0) is 0 Å². The largest absolute Gasteiger partial charge is 0.472 e. The zero-order chi connectivity index (χ0) is 18.7. The molecule has 2 heterocycles. The van der Waals surface area contributed by atoms with Gasteiger partial charge in [-0.1, -0.05) is 0 Å². The summed E-state index contributed by atoms with van der Waals surface area (Å²) in [6.45, 7) is 1.63. The fourth-order valence-electron chi connectivity index (χ4n) is 2.32. The van der Waals surface area contributed by atoms with Gasteiger partial charge in [-0.2, -0.15) is 5.26 Å². The van der Waals surface area contributed by atoms with Gasteiger partial charge in [0.2, 0.25) is 0 Å². The van der Waals surface area contributed by atoms with Gasteiger partial charge in [-0.15, -0.1) is 0 Å². The molecule has 8 heteroatoms. The van der Waals surface area contributed by atoms with E-state index in [9.17, 15) is 4.79 Å². The Bertz CT molecular complexity index is 1030. The topological polar surface area (TPSA) is 142 Å². The van der Waals surface area contributed by atoms with E-state index in [4.69, 9.17) is 20.8 Å². The van der Waals surface area contributed by atoms with Crippen molar-refractivity contribution in [1.82, 2.24) is 9.97 Å². The molecule has 3 rings (SSSR count). The predicted octanol–water partition coefficient (Wildman–Crippen LogP) is 2.50. The van der Waals surface area contributed by atoms with E-state index in [-0.39, 0.29) is 17.1 Å². The van der Waals surface area contributed by atoms with Gasteiger partial charge in [0.1, 0.15) is 6.07 Å². The Morgan fingerprint density at radius 1 is 1.38 bits per heavy atom. The summed E-state index contributed by atoms with van der Waals surface area (Å²) in [5, 5.41) is 19.9. The normalized spacial score (nSPS) is 10.2. The van der Waals surface area contributed by atoms with Crippen LogP contribution in [0.5, 0.6) is 0 Å². The quantitative estimate of drug-likeness (QED) is 0.489. The number of hydrogen-bond acceptors (Lipinski definition) is 7. The first-order chi connectivity index (χ1) is 12.5. The van der Waals surface area contributed by atoms with Crippen molar-refractivity contribution < 1.29 is 9.21 Å². The molecule has 0 bridgehead atoms. The summed E-state index contributed by atoms with van der Waals surface area (Å²) in [5.74, 6) is -0.502. The lowest BCUT2D eigenvalue weighted by Gasteiger charge is -2.11. The highest BCUT2D eigenvalue weighted by molar-refractivity contribution is 6.14. The van der Waals surface area contributed by atoms with Crippen LogP contribution in [0.3, 0.4) is 0 Å². The number of carbonyl (C=O) groups is 1. The molecule has 0 fully saturated rings. The standard InChI is InChI=1S/C18H14N6O2/c1-10-17(23-13(7-19)8-22-10)18(25)24-12-2-3-15(20)14(6-12)16(21)11-4-5-26-9-11/h2-6,8-9,21H,20H2,1H3,(H,24,25). The molecule has 0 spiro atoms. The average Bonchev–Trinajstić information content (AvgIpc) is 3.17. The maximum Gasteiger partial charge on any atom is 0.276 e. The molecule has 3 aromatic rings. The number of rotatable bonds is 4. The van der Waals surface area contributed by atoms with Crippen LogP contribution in [-0.4, -0.2) is 21.6 Å². The van der Waals surface area contributed by atoms with Gasteiger partial charge in [0, 0.05) is 22.5 Å². The van der Waals surface area contributed by atoms with Gasteiger partial charge < -0.3 is 15.5 Å². The Morgan fingerprint density at radius 3 is 2.88 bits per heavy atom. The van der Waals surface area contributed by atoms with Crippen molar-refractivity contribution in [2.24, 2.45) is 0 Å². The van der Waals surface area contributed by atoms with Gasteiger partial charge in [-0.05, 0) is 31.2 Å². The summed E-state index contributed by atoms with van der Waals surface area (Å²) in [4.78, 5) is 20.5. The fraction of sp³-hybridized carbons (Fsp3) is 0.0556. The molecule has 0 aliphatic heterocycles. The second kappa shape index (κ2) is 6.86. The highest BCUT2D eigenvalue weighted by atomic mass is 16.3. The van der Waals surface area contributed by atoms with Crippen molar-refractivity contribution in [3.05, 3.63) is 71.2 Å². The average molecular weight is 346 g/mol. The van der Waals surface area contributed by atoms with Gasteiger partial charge in [0.25, 0.3) is 5.91 Å². The maximum absolute atomic E-state index is 12.5. The highest BCUT2D eigenvalue weighted by Gasteiger charge is 2.15. The Labute approximate surface area is 148 Å². The number of nitrogens with one attached hydrogen (secondary N) is 2. The second-order valence-corrected chi connectivity index (χ2v) is 5.44. The van der Waals surface area contributed by atoms with E-state index >= 15 is 0 Å². The molecule has 0 saturated heterocycles. The van der Waals surface area contributed by atoms with E-state index in [0.29, 0.717) is 28.2 Å². The summed E-state index contributed by atoms with van der Waals surface area (Å²) >= 11 is 0. The lowest BCUT2D eigenvalue weighted by Crippen LogP contribution is -2.17. The van der Waals surface area contributed by atoms with Crippen molar-refractivity contribution in [1.29, 1.82) is 10.7 Å². The predicted molar refractivity (Wildman–Crippen MR) is 94.9 cm³/mol. The second-order valence-electron chi connectivity index (χ2n) is 5.44. The molecule has 8 nitrogen and oxygen atoms in total. The summed E-state index contributed by atoms with van der Waals surface area (Å²) in [7, 11) is 0. The van der Waals surface area contributed by atoms with Crippen molar-refractivity contribution >= 4 is 23.0 Å². The molecule has 0 saturated carbocycles. The SMILES string of the molecule is Cc1ncc(C#N)nc1C(=O)Nc1ccc(N)c(C(=N)c2ccoc2)c1. The van der Waals surface area contributed by atoms with E-state index in [1.807, 2.05) is 6.07 Å². The number of nitriles is 1. The number of aryl methyl sites for hydroxylation is 1. The van der Waals surface area contributed by atoms with Crippen LogP contribution in [0, 0.1) is 23.7 Å². The fourth-order valence-corrected chi connectivity index (χ4v) is 2.32. The number of nitrogen functional groups attached to an aromatic ring is 1. The van der Waals surface area contributed by atoms with Crippen LogP contribution in [0.4, 0.5) is 11.4 Å². The molecule has 26 heavy (non-hydrogen) atoms. The molecule has 1 amide bonds. The Kier molecular flexibility index (Phi) is 4.45. The van der Waals surface area contributed by atoms with Crippen LogP contribution in [0.15, 0.2) is 47.4 Å². The highest BCUT2D eigenvalue weighted by Crippen LogP contribution is 2.22. The molecule has 128 valence electrons. The van der Waals surface area contributed by atoms with Gasteiger partial charge in [0.05, 0.1) is 30.1 Å². The Balaban J connectivity index is 1.89. The molecule has 0 aliphatic carbocycles. The van der Waals surface area contributed by atoms with E-state index in [2.05, 4.69) is 15.3 Å². The van der Waals surface area contributed by atoms with Crippen LogP contribution in [0.25, 0.3) is 0 Å². The Hall–Kier alpha value is -3.99. The number of benzene rings is 1. The third-order valence-corrected chi connectivity index (χ3v) is 3.68. The van der Waals surface area contributed by atoms with E-state index < -0.39 is 5.91 Å². The number of aromatic nitrogens is 2. The monoisotopic (exact) mass is 346 g/mol. The van der Waals surface area contributed by atoms with E-state index in [1.165, 1.54) is 18.7 Å². The third kappa shape index (κ3) is 3.27. The number of amides is 1. The van der Waals surface area contributed by atoms with Gasteiger partial charge in [0.15, 0.2) is 11.4 Å². The summed E-state index contributed by atoms with van der Waals surface area (Å²) in [5.41, 5.74) is 8.53. The van der Waals surface area contributed by atoms with Crippen LogP contribution >= 0.6 is 0 Å². The smallest absolute Gasteiger partial charge is 0.276 e. The molecule has 2 aromatic heterocycles. The molecule has 0 radical (unpaired) electrons. The minimum atomic E-state index is -0.502. The van der Waals surface area contributed by atoms with Crippen molar-refractivity contribution in [2.45, 2.75) is 6.92 Å². The molecular formula is C18H14N6O2. The van der Waals surface area contributed by atoms with Crippen LogP contribution in [0.2, 0.25) is 0 Å². The minimum Gasteiger partial charge on any atom is -0.472 e. The molecule has 4 N–H and O–H groups in total. The number of anilines is 2. The van der Waals surface area contributed by atoms with Gasteiger partial charge in [-0.25, -0.2) is 4.98 Å². The first-order valence-corrected chi connectivity index (χ1v) is 7.55. The lowest BCUT2D eigenvalue weighted by molar-refractivity contribution is 0.102.